The van der Waals surface area contributed by atoms with Crippen molar-refractivity contribution in [2.24, 2.45) is 12.0 Å². The molecule has 1 aliphatic rings. The predicted molar refractivity (Wildman–Crippen MR) is 146 cm³/mol. The van der Waals surface area contributed by atoms with Crippen LogP contribution in [-0.2, 0) is 31.3 Å². The van der Waals surface area contributed by atoms with Crippen LogP contribution in [0.4, 0.5) is 0 Å². The Morgan fingerprint density at radius 2 is 1.76 bits per heavy atom. The van der Waals surface area contributed by atoms with Crippen LogP contribution in [0.15, 0.2) is 29.3 Å². The molecule has 0 radical (unpaired) electrons. The van der Waals surface area contributed by atoms with Gasteiger partial charge in [0.05, 0.1) is 17.9 Å². The molecule has 184 valence electrons. The van der Waals surface area contributed by atoms with Gasteiger partial charge in [0.1, 0.15) is 0 Å². The molecule has 0 saturated carbocycles. The second-order valence-electron chi connectivity index (χ2n) is 9.22. The topological polar surface area (TPSA) is 66.7 Å². The Morgan fingerprint density at radius 3 is 2.30 bits per heavy atom. The highest BCUT2D eigenvalue weighted by molar-refractivity contribution is 14.0. The molecule has 3 atom stereocenters. The number of hydrogen-bond donors (Lipinski definition) is 2. The van der Waals surface area contributed by atoms with Crippen molar-refractivity contribution in [1.29, 1.82) is 0 Å². The summed E-state index contributed by atoms with van der Waals surface area (Å²) in [5.41, 5.74) is 6.21. The molecule has 2 aromatic rings. The standard InChI is InChI=1S/C25H40N6O.HI/c1-17(12-24-20(4)29-30(7)21(24)5)28-25(26-6)27-13-22-8-10-23(11-9-22)16-31-14-18(2)32-19(3)15-31;/h8-11,17-19H,12-16H2,1-7H3,(H2,26,27,28);1H. The van der Waals surface area contributed by atoms with Gasteiger partial charge in [-0.15, -0.1) is 24.0 Å². The van der Waals surface area contributed by atoms with E-state index in [1.54, 1.807) is 0 Å². The van der Waals surface area contributed by atoms with Crippen molar-refractivity contribution >= 4 is 29.9 Å². The maximum Gasteiger partial charge on any atom is 0.191 e. The van der Waals surface area contributed by atoms with Crippen molar-refractivity contribution in [3.63, 3.8) is 0 Å². The van der Waals surface area contributed by atoms with Gasteiger partial charge in [0.2, 0.25) is 0 Å². The third kappa shape index (κ3) is 7.96. The Kier molecular flexibility index (Phi) is 10.6. The first-order chi connectivity index (χ1) is 15.2. The summed E-state index contributed by atoms with van der Waals surface area (Å²) in [5, 5.41) is 11.5. The lowest BCUT2D eigenvalue weighted by molar-refractivity contribution is -0.0704. The average molecular weight is 569 g/mol. The van der Waals surface area contributed by atoms with Crippen molar-refractivity contribution in [3.05, 3.63) is 52.3 Å². The number of hydrogen-bond acceptors (Lipinski definition) is 4. The van der Waals surface area contributed by atoms with E-state index in [1.165, 1.54) is 22.4 Å². The minimum atomic E-state index is 0. The molecule has 1 saturated heterocycles. The van der Waals surface area contributed by atoms with Crippen LogP contribution in [0.25, 0.3) is 0 Å². The van der Waals surface area contributed by atoms with Gasteiger partial charge in [-0.25, -0.2) is 0 Å². The molecule has 3 unspecified atom stereocenters. The lowest BCUT2D eigenvalue weighted by Crippen LogP contribution is -2.44. The van der Waals surface area contributed by atoms with Gasteiger partial charge >= 0.3 is 0 Å². The number of aryl methyl sites for hydroxylation is 2. The predicted octanol–water partition coefficient (Wildman–Crippen LogP) is 3.56. The van der Waals surface area contributed by atoms with E-state index in [-0.39, 0.29) is 30.0 Å². The summed E-state index contributed by atoms with van der Waals surface area (Å²) in [6, 6.07) is 9.12. The quantitative estimate of drug-likeness (QED) is 0.304. The maximum atomic E-state index is 5.84. The molecule has 7 nitrogen and oxygen atoms in total. The van der Waals surface area contributed by atoms with Crippen molar-refractivity contribution in [2.45, 2.75) is 72.4 Å². The third-order valence-corrected chi connectivity index (χ3v) is 6.16. The SMILES string of the molecule is CN=C(NCc1ccc(CN2CC(C)OC(C)C2)cc1)NC(C)Cc1c(C)nn(C)c1C.I. The van der Waals surface area contributed by atoms with Crippen LogP contribution >= 0.6 is 24.0 Å². The number of benzene rings is 1. The van der Waals surface area contributed by atoms with E-state index >= 15 is 0 Å². The normalized spacial score (nSPS) is 20.3. The Bertz CT molecular complexity index is 900. The van der Waals surface area contributed by atoms with Gasteiger partial charge in [0.15, 0.2) is 5.96 Å². The molecule has 2 N–H and O–H groups in total. The Labute approximate surface area is 216 Å². The first-order valence-electron chi connectivity index (χ1n) is 11.7. The smallest absolute Gasteiger partial charge is 0.191 e. The fraction of sp³-hybridized carbons (Fsp3) is 0.600. The Morgan fingerprint density at radius 1 is 1.15 bits per heavy atom. The molecule has 0 amide bonds. The van der Waals surface area contributed by atoms with E-state index in [0.29, 0.717) is 12.2 Å². The van der Waals surface area contributed by atoms with Crippen LogP contribution in [0.2, 0.25) is 0 Å². The van der Waals surface area contributed by atoms with Crippen LogP contribution in [0, 0.1) is 13.8 Å². The molecule has 0 spiro atoms. The van der Waals surface area contributed by atoms with Crippen LogP contribution in [0.3, 0.4) is 0 Å². The molecular formula is C25H41IN6O. The summed E-state index contributed by atoms with van der Waals surface area (Å²) in [6.45, 7) is 14.4. The maximum absolute atomic E-state index is 5.84. The Balaban J connectivity index is 0.00000385. The zero-order chi connectivity index (χ0) is 23.3. The van der Waals surface area contributed by atoms with E-state index in [9.17, 15) is 0 Å². The van der Waals surface area contributed by atoms with Crippen LogP contribution in [0.1, 0.15) is 48.8 Å². The molecule has 3 rings (SSSR count). The molecule has 0 bridgehead atoms. The number of halogens is 1. The number of morpholine rings is 1. The van der Waals surface area contributed by atoms with Gasteiger partial charge in [-0.3, -0.25) is 14.6 Å². The molecule has 1 aromatic heterocycles. The van der Waals surface area contributed by atoms with Crippen molar-refractivity contribution < 1.29 is 4.74 Å². The number of aliphatic imine (C=N–C) groups is 1. The molecule has 1 fully saturated rings. The zero-order valence-electron chi connectivity index (χ0n) is 21.2. The number of ether oxygens (including phenoxy) is 1. The molecule has 0 aliphatic carbocycles. The average Bonchev–Trinajstić information content (AvgIpc) is 2.97. The Hall–Kier alpha value is -1.65. The highest BCUT2D eigenvalue weighted by Gasteiger charge is 2.22. The summed E-state index contributed by atoms with van der Waals surface area (Å²) in [7, 11) is 3.81. The van der Waals surface area contributed by atoms with Gasteiger partial charge < -0.3 is 15.4 Å². The molecule has 33 heavy (non-hydrogen) atoms. The van der Waals surface area contributed by atoms with E-state index in [0.717, 1.165) is 44.3 Å². The van der Waals surface area contributed by atoms with E-state index in [4.69, 9.17) is 4.74 Å². The number of nitrogens with zero attached hydrogens (tertiary/aromatic N) is 4. The minimum absolute atomic E-state index is 0. The van der Waals surface area contributed by atoms with Gasteiger partial charge in [0.25, 0.3) is 0 Å². The summed E-state index contributed by atoms with van der Waals surface area (Å²) in [6.07, 6.45) is 1.52. The van der Waals surface area contributed by atoms with Gasteiger partial charge in [-0.05, 0) is 57.7 Å². The van der Waals surface area contributed by atoms with E-state index in [1.807, 2.05) is 18.8 Å². The first kappa shape index (κ1) is 27.6. The highest BCUT2D eigenvalue weighted by Crippen LogP contribution is 2.15. The molecular weight excluding hydrogens is 527 g/mol. The van der Waals surface area contributed by atoms with E-state index < -0.39 is 0 Å². The number of guanidine groups is 1. The van der Waals surface area contributed by atoms with Crippen LogP contribution < -0.4 is 10.6 Å². The first-order valence-corrected chi connectivity index (χ1v) is 11.7. The molecule has 8 heteroatoms. The number of aromatic nitrogens is 2. The van der Waals surface area contributed by atoms with Crippen molar-refractivity contribution in [2.75, 3.05) is 20.1 Å². The summed E-state index contributed by atoms with van der Waals surface area (Å²) < 4.78 is 7.79. The fourth-order valence-electron chi connectivity index (χ4n) is 4.52. The highest BCUT2D eigenvalue weighted by atomic mass is 127. The van der Waals surface area contributed by atoms with Crippen LogP contribution in [-0.4, -0.2) is 59.0 Å². The summed E-state index contributed by atoms with van der Waals surface area (Å²) >= 11 is 0. The largest absolute Gasteiger partial charge is 0.373 e. The van der Waals surface area contributed by atoms with Crippen LogP contribution in [0.5, 0.6) is 0 Å². The lowest BCUT2D eigenvalue weighted by atomic mass is 10.1. The molecule has 1 aliphatic heterocycles. The van der Waals surface area contributed by atoms with Gasteiger partial charge in [0, 0.05) is 52.0 Å². The second-order valence-corrected chi connectivity index (χ2v) is 9.22. The molecule has 2 heterocycles. The van der Waals surface area contributed by atoms with Crippen molar-refractivity contribution in [1.82, 2.24) is 25.3 Å². The van der Waals surface area contributed by atoms with Crippen molar-refractivity contribution in [3.8, 4) is 0 Å². The van der Waals surface area contributed by atoms with E-state index in [2.05, 4.69) is 84.5 Å². The fourth-order valence-corrected chi connectivity index (χ4v) is 4.52. The van der Waals surface area contributed by atoms with Gasteiger partial charge in [-0.1, -0.05) is 24.3 Å². The minimum Gasteiger partial charge on any atom is -0.373 e. The summed E-state index contributed by atoms with van der Waals surface area (Å²) in [5.74, 6) is 0.817. The van der Waals surface area contributed by atoms with Gasteiger partial charge in [-0.2, -0.15) is 5.10 Å². The lowest BCUT2D eigenvalue weighted by Gasteiger charge is -2.35. The number of nitrogens with one attached hydrogen (secondary N) is 2. The number of rotatable bonds is 7. The molecule has 1 aromatic carbocycles. The second kappa shape index (κ2) is 12.7. The monoisotopic (exact) mass is 568 g/mol. The zero-order valence-corrected chi connectivity index (χ0v) is 23.5. The third-order valence-electron chi connectivity index (χ3n) is 6.16. The summed E-state index contributed by atoms with van der Waals surface area (Å²) in [4.78, 5) is 6.88.